The third-order valence-electron chi connectivity index (χ3n) is 5.07. The van der Waals surface area contributed by atoms with Gasteiger partial charge in [0.2, 0.25) is 10.0 Å². The Morgan fingerprint density at radius 1 is 1.04 bits per heavy atom. The van der Waals surface area contributed by atoms with Gasteiger partial charge < -0.3 is 14.2 Å². The molecule has 0 unspecified atom stereocenters. The van der Waals surface area contributed by atoms with E-state index < -0.39 is 10.0 Å². The van der Waals surface area contributed by atoms with Crippen molar-refractivity contribution in [1.29, 1.82) is 0 Å². The average Bonchev–Trinajstić information content (AvgIpc) is 3.23. The van der Waals surface area contributed by atoms with E-state index in [1.807, 2.05) is 18.2 Å². The third-order valence-corrected chi connectivity index (χ3v) is 6.97. The maximum Gasteiger partial charge on any atom is 0.243 e. The first kappa shape index (κ1) is 17.2. The maximum atomic E-state index is 13.2. The molecule has 0 atom stereocenters. The first-order valence-electron chi connectivity index (χ1n) is 9.00. The molecule has 28 heavy (non-hydrogen) atoms. The van der Waals surface area contributed by atoms with Crippen LogP contribution in [-0.2, 0) is 16.6 Å². The van der Waals surface area contributed by atoms with Crippen molar-refractivity contribution in [2.45, 2.75) is 11.5 Å². The molecule has 144 valence electrons. The lowest BCUT2D eigenvalue weighted by Gasteiger charge is -2.34. The highest BCUT2D eigenvalue weighted by Crippen LogP contribution is 2.39. The largest absolute Gasteiger partial charge is 0.488 e. The molecule has 4 heterocycles. The van der Waals surface area contributed by atoms with E-state index in [0.29, 0.717) is 49.9 Å². The Labute approximate surface area is 162 Å². The van der Waals surface area contributed by atoms with Gasteiger partial charge in [-0.3, -0.25) is 0 Å². The summed E-state index contributed by atoms with van der Waals surface area (Å²) in [5.41, 5.74) is 1.43. The summed E-state index contributed by atoms with van der Waals surface area (Å²) < 4.78 is 38.8. The van der Waals surface area contributed by atoms with Crippen molar-refractivity contribution in [1.82, 2.24) is 14.4 Å². The van der Waals surface area contributed by atoms with Gasteiger partial charge in [-0.05, 0) is 30.3 Å². The molecule has 5 rings (SSSR count). The number of sulfonamides is 1. The van der Waals surface area contributed by atoms with Crippen LogP contribution in [0.1, 0.15) is 5.56 Å². The summed E-state index contributed by atoms with van der Waals surface area (Å²) in [4.78, 5) is 6.66. The van der Waals surface area contributed by atoms with E-state index in [2.05, 4.69) is 15.0 Å². The summed E-state index contributed by atoms with van der Waals surface area (Å²) in [6.07, 6.45) is 3.33. The predicted octanol–water partition coefficient (Wildman–Crippen LogP) is 2.14. The fourth-order valence-electron chi connectivity index (χ4n) is 3.56. The zero-order chi connectivity index (χ0) is 19.1. The molecular weight excluding hydrogens is 380 g/mol. The first-order valence-corrected chi connectivity index (χ1v) is 10.4. The van der Waals surface area contributed by atoms with Gasteiger partial charge in [-0.1, -0.05) is 11.2 Å². The fourth-order valence-corrected chi connectivity index (χ4v) is 5.01. The van der Waals surface area contributed by atoms with Gasteiger partial charge in [0.05, 0.1) is 22.2 Å². The van der Waals surface area contributed by atoms with Gasteiger partial charge >= 0.3 is 0 Å². The molecule has 1 aromatic carbocycles. The Kier molecular flexibility index (Phi) is 4.06. The molecule has 0 radical (unpaired) electrons. The van der Waals surface area contributed by atoms with Crippen molar-refractivity contribution in [2.75, 3.05) is 31.1 Å². The normalized spacial score (nSPS) is 16.9. The van der Waals surface area contributed by atoms with Crippen LogP contribution in [-0.4, -0.2) is 49.0 Å². The van der Waals surface area contributed by atoms with Crippen LogP contribution in [0.2, 0.25) is 0 Å². The lowest BCUT2D eigenvalue weighted by molar-refractivity contribution is 0.297. The molecule has 0 N–H and O–H groups in total. The molecule has 0 bridgehead atoms. The van der Waals surface area contributed by atoms with Crippen molar-refractivity contribution < 1.29 is 17.7 Å². The topological polar surface area (TPSA) is 88.8 Å². The Balaban J connectivity index is 1.39. The zero-order valence-electron chi connectivity index (χ0n) is 15.0. The number of benzene rings is 1. The van der Waals surface area contributed by atoms with Crippen molar-refractivity contribution >= 4 is 15.8 Å². The summed E-state index contributed by atoms with van der Waals surface area (Å²) in [5, 5.41) is 3.80. The highest BCUT2D eigenvalue weighted by molar-refractivity contribution is 7.89. The number of ether oxygens (including phenoxy) is 1. The maximum absolute atomic E-state index is 13.2. The lowest BCUT2D eigenvalue weighted by atomic mass is 10.1. The molecular formula is C19H18N4O4S. The van der Waals surface area contributed by atoms with E-state index in [9.17, 15) is 8.42 Å². The van der Waals surface area contributed by atoms with E-state index in [4.69, 9.17) is 9.26 Å². The Morgan fingerprint density at radius 3 is 2.68 bits per heavy atom. The Morgan fingerprint density at radius 2 is 1.89 bits per heavy atom. The molecule has 0 saturated carbocycles. The summed E-state index contributed by atoms with van der Waals surface area (Å²) in [5.74, 6) is 2.03. The highest BCUT2D eigenvalue weighted by atomic mass is 32.2. The van der Waals surface area contributed by atoms with Gasteiger partial charge in [0.25, 0.3) is 0 Å². The van der Waals surface area contributed by atoms with E-state index in [0.717, 1.165) is 11.4 Å². The Bertz CT molecular complexity index is 1110. The summed E-state index contributed by atoms with van der Waals surface area (Å²) >= 11 is 0. The van der Waals surface area contributed by atoms with Crippen LogP contribution in [0.25, 0.3) is 11.3 Å². The molecule has 0 spiro atoms. The smallest absolute Gasteiger partial charge is 0.243 e. The van der Waals surface area contributed by atoms with Gasteiger partial charge in [0.15, 0.2) is 5.76 Å². The molecule has 2 aliphatic rings. The quantitative estimate of drug-likeness (QED) is 0.668. The standard InChI is InChI=1S/C19H18N4O4S/c24-28(25,23-9-7-22(8-10-23)18-3-1-2-6-20-18)15-4-5-17-16(11-15)19-14(13-26-17)12-21-27-19/h1-6,11-12H,7-10,13H2. The van der Waals surface area contributed by atoms with E-state index in [-0.39, 0.29) is 4.90 Å². The fraction of sp³-hybridized carbons (Fsp3) is 0.263. The van der Waals surface area contributed by atoms with Gasteiger partial charge in [-0.25, -0.2) is 13.4 Å². The van der Waals surface area contributed by atoms with Gasteiger partial charge in [0, 0.05) is 32.4 Å². The number of hydrogen-bond donors (Lipinski definition) is 0. The second-order valence-corrected chi connectivity index (χ2v) is 8.64. The number of piperazine rings is 1. The Hall–Kier alpha value is -2.91. The highest BCUT2D eigenvalue weighted by Gasteiger charge is 2.31. The monoisotopic (exact) mass is 398 g/mol. The number of hydrogen-bond acceptors (Lipinski definition) is 7. The van der Waals surface area contributed by atoms with Crippen LogP contribution in [0.3, 0.4) is 0 Å². The van der Waals surface area contributed by atoms with Gasteiger partial charge in [0.1, 0.15) is 18.2 Å². The minimum Gasteiger partial charge on any atom is -0.488 e. The van der Waals surface area contributed by atoms with E-state index in [1.165, 1.54) is 4.31 Å². The van der Waals surface area contributed by atoms with Crippen molar-refractivity contribution in [3.05, 3.63) is 54.4 Å². The minimum atomic E-state index is -3.62. The number of anilines is 1. The van der Waals surface area contributed by atoms with Crippen LogP contribution in [0.5, 0.6) is 5.75 Å². The molecule has 2 aromatic heterocycles. The second kappa shape index (κ2) is 6.61. The minimum absolute atomic E-state index is 0.227. The number of fused-ring (bicyclic) bond motifs is 3. The summed E-state index contributed by atoms with van der Waals surface area (Å²) in [7, 11) is -3.62. The number of nitrogens with zero attached hydrogens (tertiary/aromatic N) is 4. The molecule has 1 fully saturated rings. The van der Waals surface area contributed by atoms with Crippen LogP contribution >= 0.6 is 0 Å². The number of rotatable bonds is 3. The van der Waals surface area contributed by atoms with Crippen molar-refractivity contribution in [3.63, 3.8) is 0 Å². The van der Waals surface area contributed by atoms with Crippen LogP contribution < -0.4 is 9.64 Å². The molecule has 0 amide bonds. The molecule has 0 aliphatic carbocycles. The van der Waals surface area contributed by atoms with Crippen LogP contribution in [0.4, 0.5) is 5.82 Å². The number of pyridine rings is 1. The zero-order valence-corrected chi connectivity index (χ0v) is 15.8. The SMILES string of the molecule is O=S(=O)(c1ccc2c(c1)-c1oncc1CO2)N1CCN(c2ccccn2)CC1. The van der Waals surface area contributed by atoms with Crippen molar-refractivity contribution in [2.24, 2.45) is 0 Å². The number of aromatic nitrogens is 2. The second-order valence-electron chi connectivity index (χ2n) is 6.71. The average molecular weight is 398 g/mol. The van der Waals surface area contributed by atoms with Gasteiger partial charge in [-0.15, -0.1) is 0 Å². The molecule has 9 heteroatoms. The lowest BCUT2D eigenvalue weighted by Crippen LogP contribution is -2.48. The molecule has 8 nitrogen and oxygen atoms in total. The summed E-state index contributed by atoms with van der Waals surface area (Å²) in [6.45, 7) is 2.36. The first-order chi connectivity index (χ1) is 13.6. The van der Waals surface area contributed by atoms with E-state index in [1.54, 1.807) is 30.6 Å². The summed E-state index contributed by atoms with van der Waals surface area (Å²) in [6, 6.07) is 10.6. The van der Waals surface area contributed by atoms with Crippen molar-refractivity contribution in [3.8, 4) is 17.1 Å². The van der Waals surface area contributed by atoms with Gasteiger partial charge in [-0.2, -0.15) is 4.31 Å². The molecule has 2 aliphatic heterocycles. The molecule has 1 saturated heterocycles. The third kappa shape index (κ3) is 2.83. The van der Waals surface area contributed by atoms with E-state index >= 15 is 0 Å². The van der Waals surface area contributed by atoms with Crippen LogP contribution in [0.15, 0.2) is 58.2 Å². The molecule has 3 aromatic rings. The predicted molar refractivity (Wildman–Crippen MR) is 101 cm³/mol. The van der Waals surface area contributed by atoms with Crippen LogP contribution in [0, 0.1) is 0 Å².